The van der Waals surface area contributed by atoms with Crippen LogP contribution in [0, 0.1) is 0 Å². The number of guanidine groups is 1. The summed E-state index contributed by atoms with van der Waals surface area (Å²) in [4.78, 5) is 4.25. The van der Waals surface area contributed by atoms with Gasteiger partial charge in [-0.2, -0.15) is 0 Å². The molecule has 0 saturated heterocycles. The number of hydrogen-bond acceptors (Lipinski definition) is 2. The Bertz CT molecular complexity index is 679. The number of nitrogens with zero attached hydrogens (tertiary/aromatic N) is 1. The van der Waals surface area contributed by atoms with Gasteiger partial charge in [0.25, 0.3) is 0 Å². The molecule has 0 heterocycles. The lowest BCUT2D eigenvalue weighted by Gasteiger charge is -2.13. The van der Waals surface area contributed by atoms with Crippen molar-refractivity contribution in [2.45, 2.75) is 19.6 Å². The van der Waals surface area contributed by atoms with E-state index in [1.165, 1.54) is 11.1 Å². The van der Waals surface area contributed by atoms with Crippen molar-refractivity contribution in [3.8, 4) is 0 Å². The zero-order chi connectivity index (χ0) is 17.2. The average Bonchev–Trinajstić information content (AvgIpc) is 2.60. The normalized spacial score (nSPS) is 10.9. The minimum Gasteiger partial charge on any atom is -0.380 e. The third-order valence-corrected chi connectivity index (χ3v) is 4.00. The lowest BCUT2D eigenvalue weighted by Crippen LogP contribution is -2.37. The summed E-state index contributed by atoms with van der Waals surface area (Å²) in [6.07, 6.45) is 0.851. The van der Waals surface area contributed by atoms with Crippen LogP contribution in [0.15, 0.2) is 53.5 Å². The van der Waals surface area contributed by atoms with Gasteiger partial charge in [-0.05, 0) is 29.2 Å². The topological polar surface area (TPSA) is 45.7 Å². The van der Waals surface area contributed by atoms with Crippen molar-refractivity contribution in [2.24, 2.45) is 4.99 Å². The third kappa shape index (κ3) is 7.63. The van der Waals surface area contributed by atoms with Crippen molar-refractivity contribution in [1.29, 1.82) is 0 Å². The highest BCUT2D eigenvalue weighted by Crippen LogP contribution is 2.14. The Labute approximate surface area is 172 Å². The van der Waals surface area contributed by atoms with E-state index in [9.17, 15) is 0 Å². The summed E-state index contributed by atoms with van der Waals surface area (Å²) < 4.78 is 5.17. The summed E-state index contributed by atoms with van der Waals surface area (Å²) in [5, 5.41) is 7.43. The van der Waals surface area contributed by atoms with E-state index in [0.717, 1.165) is 29.5 Å². The minimum atomic E-state index is 0. The second kappa shape index (κ2) is 12.1. The molecule has 2 N–H and O–H groups in total. The maximum atomic E-state index is 6.17. The number of aliphatic imine (C=N–C) groups is 1. The Kier molecular flexibility index (Phi) is 10.5. The van der Waals surface area contributed by atoms with E-state index >= 15 is 0 Å². The van der Waals surface area contributed by atoms with Crippen LogP contribution >= 0.6 is 35.6 Å². The quantitative estimate of drug-likeness (QED) is 0.363. The molecule has 0 aliphatic carbocycles. The first-order chi connectivity index (χ1) is 11.7. The Hall–Kier alpha value is -1.31. The minimum absolute atomic E-state index is 0. The SMILES string of the molecule is CN=C(NCCc1ccccc1Cl)NCc1cccc(COC)c1.I. The van der Waals surface area contributed by atoms with Crippen molar-refractivity contribution >= 4 is 41.5 Å². The molecule has 0 atom stereocenters. The molecule has 0 aliphatic rings. The van der Waals surface area contributed by atoms with E-state index in [2.05, 4.69) is 33.8 Å². The number of methoxy groups -OCH3 is 1. The standard InChI is InChI=1S/C19H24ClN3O.HI/c1-21-19(22-11-10-17-8-3-4-9-18(17)20)23-13-15-6-5-7-16(12-15)14-24-2;/h3-9,12H,10-11,13-14H2,1-2H3,(H2,21,22,23);1H. The van der Waals surface area contributed by atoms with Gasteiger partial charge in [0.15, 0.2) is 5.96 Å². The summed E-state index contributed by atoms with van der Waals surface area (Å²) in [6.45, 7) is 2.11. The molecule has 0 unspecified atom stereocenters. The van der Waals surface area contributed by atoms with Crippen molar-refractivity contribution in [2.75, 3.05) is 20.7 Å². The van der Waals surface area contributed by atoms with E-state index in [1.807, 2.05) is 30.3 Å². The number of halogens is 2. The number of ether oxygens (including phenoxy) is 1. The summed E-state index contributed by atoms with van der Waals surface area (Å²) in [6, 6.07) is 16.2. The molecule has 0 radical (unpaired) electrons. The smallest absolute Gasteiger partial charge is 0.191 e. The first-order valence-corrected chi connectivity index (χ1v) is 8.35. The van der Waals surface area contributed by atoms with Gasteiger partial charge in [0.1, 0.15) is 0 Å². The highest BCUT2D eigenvalue weighted by Gasteiger charge is 2.02. The Morgan fingerprint density at radius 2 is 1.84 bits per heavy atom. The Balaban J connectivity index is 0.00000312. The second-order valence-electron chi connectivity index (χ2n) is 5.45. The highest BCUT2D eigenvalue weighted by molar-refractivity contribution is 14.0. The average molecular weight is 474 g/mol. The van der Waals surface area contributed by atoms with Crippen LogP contribution in [0.2, 0.25) is 5.02 Å². The van der Waals surface area contributed by atoms with Crippen LogP contribution in [0.5, 0.6) is 0 Å². The predicted octanol–water partition coefficient (Wildman–Crippen LogP) is 4.01. The monoisotopic (exact) mass is 473 g/mol. The van der Waals surface area contributed by atoms with Crippen LogP contribution in [0.3, 0.4) is 0 Å². The van der Waals surface area contributed by atoms with Gasteiger partial charge in [0.2, 0.25) is 0 Å². The van der Waals surface area contributed by atoms with Gasteiger partial charge in [0, 0.05) is 32.3 Å². The van der Waals surface area contributed by atoms with Crippen molar-refractivity contribution in [3.63, 3.8) is 0 Å². The molecule has 2 aromatic rings. The maximum absolute atomic E-state index is 6.17. The molecule has 2 rings (SSSR count). The fourth-order valence-corrected chi connectivity index (χ4v) is 2.65. The van der Waals surface area contributed by atoms with Crippen LogP contribution < -0.4 is 10.6 Å². The molecule has 0 aliphatic heterocycles. The zero-order valence-corrected chi connectivity index (χ0v) is 17.7. The first-order valence-electron chi connectivity index (χ1n) is 7.97. The number of nitrogens with one attached hydrogen (secondary N) is 2. The molecule has 6 heteroatoms. The third-order valence-electron chi connectivity index (χ3n) is 3.63. The predicted molar refractivity (Wildman–Crippen MR) is 116 cm³/mol. The molecule has 0 spiro atoms. The van der Waals surface area contributed by atoms with Crippen LogP contribution in [-0.2, 0) is 24.3 Å². The molecule has 0 saturated carbocycles. The summed E-state index contributed by atoms with van der Waals surface area (Å²) in [7, 11) is 3.47. The molecular weight excluding hydrogens is 449 g/mol. The van der Waals surface area contributed by atoms with Crippen LogP contribution in [0.1, 0.15) is 16.7 Å². The summed E-state index contributed by atoms with van der Waals surface area (Å²) in [5.74, 6) is 0.777. The molecule has 2 aromatic carbocycles. The van der Waals surface area contributed by atoms with Gasteiger partial charge in [-0.3, -0.25) is 4.99 Å². The van der Waals surface area contributed by atoms with Gasteiger partial charge in [-0.25, -0.2) is 0 Å². The summed E-state index contributed by atoms with van der Waals surface area (Å²) in [5.41, 5.74) is 3.49. The van der Waals surface area contributed by atoms with Crippen molar-refractivity contribution < 1.29 is 4.74 Å². The number of hydrogen-bond donors (Lipinski definition) is 2. The molecule has 0 bridgehead atoms. The van der Waals surface area contributed by atoms with E-state index in [-0.39, 0.29) is 24.0 Å². The van der Waals surface area contributed by atoms with Crippen molar-refractivity contribution in [3.05, 3.63) is 70.2 Å². The fourth-order valence-electron chi connectivity index (χ4n) is 2.42. The van der Waals surface area contributed by atoms with Crippen LogP contribution in [0.25, 0.3) is 0 Å². The van der Waals surface area contributed by atoms with Gasteiger partial charge in [-0.1, -0.05) is 54.1 Å². The van der Waals surface area contributed by atoms with Gasteiger partial charge >= 0.3 is 0 Å². The largest absolute Gasteiger partial charge is 0.380 e. The Morgan fingerprint density at radius 3 is 2.56 bits per heavy atom. The molecule has 0 fully saturated rings. The van der Waals surface area contributed by atoms with Crippen LogP contribution in [0.4, 0.5) is 0 Å². The van der Waals surface area contributed by atoms with E-state index < -0.39 is 0 Å². The van der Waals surface area contributed by atoms with Gasteiger partial charge in [0.05, 0.1) is 6.61 Å². The molecule has 0 amide bonds. The highest BCUT2D eigenvalue weighted by atomic mass is 127. The molecule has 4 nitrogen and oxygen atoms in total. The second-order valence-corrected chi connectivity index (χ2v) is 5.85. The fraction of sp³-hybridized carbons (Fsp3) is 0.316. The first kappa shape index (κ1) is 21.7. The number of rotatable bonds is 7. The Morgan fingerprint density at radius 1 is 1.08 bits per heavy atom. The van der Waals surface area contributed by atoms with E-state index in [0.29, 0.717) is 13.2 Å². The van der Waals surface area contributed by atoms with Crippen molar-refractivity contribution in [1.82, 2.24) is 10.6 Å². The lowest BCUT2D eigenvalue weighted by atomic mass is 10.1. The maximum Gasteiger partial charge on any atom is 0.191 e. The molecule has 0 aromatic heterocycles. The van der Waals surface area contributed by atoms with E-state index in [4.69, 9.17) is 16.3 Å². The molecular formula is C19H25ClIN3O. The lowest BCUT2D eigenvalue weighted by molar-refractivity contribution is 0.185. The summed E-state index contributed by atoms with van der Waals surface area (Å²) >= 11 is 6.17. The van der Waals surface area contributed by atoms with Gasteiger partial charge in [-0.15, -0.1) is 24.0 Å². The molecule has 25 heavy (non-hydrogen) atoms. The number of benzene rings is 2. The molecule has 136 valence electrons. The zero-order valence-electron chi connectivity index (χ0n) is 14.6. The van der Waals surface area contributed by atoms with Gasteiger partial charge < -0.3 is 15.4 Å². The van der Waals surface area contributed by atoms with E-state index in [1.54, 1.807) is 14.2 Å². The van der Waals surface area contributed by atoms with Crippen LogP contribution in [-0.4, -0.2) is 26.7 Å².